The molecule has 0 atom stereocenters. The maximum absolute atomic E-state index is 11.3. The third-order valence-corrected chi connectivity index (χ3v) is 5.55. The summed E-state index contributed by atoms with van der Waals surface area (Å²) in [5, 5.41) is 0. The van der Waals surface area contributed by atoms with Crippen molar-refractivity contribution in [1.82, 2.24) is 0 Å². The molecule has 0 aromatic heterocycles. The van der Waals surface area contributed by atoms with E-state index >= 15 is 0 Å². The fourth-order valence-electron chi connectivity index (χ4n) is 1.22. The number of carbonyl (C=O) groups is 1. The summed E-state index contributed by atoms with van der Waals surface area (Å²) >= 11 is 10.3. The summed E-state index contributed by atoms with van der Waals surface area (Å²) in [6.07, 6.45) is 3.05. The molecule has 0 saturated heterocycles. The van der Waals surface area contributed by atoms with Gasteiger partial charge in [-0.25, -0.2) is 4.79 Å². The molecular formula is C12H11Br3O3. The number of rotatable bonds is 4. The van der Waals surface area contributed by atoms with Gasteiger partial charge in [-0.15, -0.1) is 0 Å². The maximum atomic E-state index is 11.3. The second-order valence-electron chi connectivity index (χ2n) is 3.20. The van der Waals surface area contributed by atoms with Crippen molar-refractivity contribution in [2.24, 2.45) is 0 Å². The molecule has 0 saturated carbocycles. The van der Waals surface area contributed by atoms with Gasteiger partial charge in [-0.3, -0.25) is 0 Å². The van der Waals surface area contributed by atoms with E-state index in [-0.39, 0.29) is 5.97 Å². The molecule has 0 bridgehead atoms. The largest absolute Gasteiger partial charge is 0.496 e. The maximum Gasteiger partial charge on any atom is 0.330 e. The zero-order chi connectivity index (χ0) is 13.7. The molecule has 0 aliphatic heterocycles. The molecule has 1 aromatic carbocycles. The van der Waals surface area contributed by atoms with Crippen LogP contribution in [0.1, 0.15) is 12.5 Å². The molecule has 0 aliphatic carbocycles. The Labute approximate surface area is 131 Å². The number of hydrogen-bond acceptors (Lipinski definition) is 3. The Kier molecular flexibility index (Phi) is 6.38. The van der Waals surface area contributed by atoms with Crippen LogP contribution in [0.3, 0.4) is 0 Å². The van der Waals surface area contributed by atoms with Crippen LogP contribution >= 0.6 is 47.8 Å². The first-order chi connectivity index (χ1) is 8.51. The summed E-state index contributed by atoms with van der Waals surface area (Å²) in [7, 11) is 1.58. The number of benzene rings is 1. The number of methoxy groups -OCH3 is 1. The zero-order valence-electron chi connectivity index (χ0n) is 9.80. The van der Waals surface area contributed by atoms with E-state index in [2.05, 4.69) is 47.8 Å². The Balaban J connectivity index is 3.10. The van der Waals surface area contributed by atoms with Crippen molar-refractivity contribution in [1.29, 1.82) is 0 Å². The second-order valence-corrected chi connectivity index (χ2v) is 5.57. The summed E-state index contributed by atoms with van der Waals surface area (Å²) in [6.45, 7) is 2.12. The smallest absolute Gasteiger partial charge is 0.330 e. The second kappa shape index (κ2) is 7.31. The minimum Gasteiger partial charge on any atom is -0.496 e. The van der Waals surface area contributed by atoms with E-state index in [0.29, 0.717) is 12.4 Å². The van der Waals surface area contributed by atoms with Gasteiger partial charge in [0.25, 0.3) is 0 Å². The molecule has 3 nitrogen and oxygen atoms in total. The molecule has 0 aliphatic rings. The minimum absolute atomic E-state index is 0.359. The Bertz CT molecular complexity index is 484. The van der Waals surface area contributed by atoms with E-state index in [1.807, 2.05) is 6.07 Å². The normalized spacial score (nSPS) is 10.7. The fraction of sp³-hybridized carbons (Fsp3) is 0.250. The van der Waals surface area contributed by atoms with Gasteiger partial charge in [0.15, 0.2) is 0 Å². The van der Waals surface area contributed by atoms with Crippen molar-refractivity contribution in [2.45, 2.75) is 6.92 Å². The molecule has 0 fully saturated rings. The van der Waals surface area contributed by atoms with Crippen molar-refractivity contribution in [3.63, 3.8) is 0 Å². The first kappa shape index (κ1) is 15.7. The molecule has 0 unspecified atom stereocenters. The van der Waals surface area contributed by atoms with Crippen LogP contribution in [0.5, 0.6) is 5.75 Å². The molecule has 1 rings (SSSR count). The topological polar surface area (TPSA) is 35.5 Å². The Morgan fingerprint density at radius 2 is 1.94 bits per heavy atom. The predicted octanol–water partition coefficient (Wildman–Crippen LogP) is 4.56. The highest BCUT2D eigenvalue weighted by Crippen LogP contribution is 2.40. The van der Waals surface area contributed by atoms with Gasteiger partial charge in [-0.1, -0.05) is 0 Å². The van der Waals surface area contributed by atoms with E-state index in [1.54, 1.807) is 20.1 Å². The van der Waals surface area contributed by atoms with Crippen LogP contribution in [0.25, 0.3) is 6.08 Å². The van der Waals surface area contributed by atoms with Crippen molar-refractivity contribution in [3.8, 4) is 5.75 Å². The van der Waals surface area contributed by atoms with Gasteiger partial charge < -0.3 is 9.47 Å². The highest BCUT2D eigenvalue weighted by molar-refractivity contribution is 9.14. The average Bonchev–Trinajstić information content (AvgIpc) is 2.35. The van der Waals surface area contributed by atoms with Gasteiger partial charge in [0.1, 0.15) is 5.75 Å². The summed E-state index contributed by atoms with van der Waals surface area (Å²) in [4.78, 5) is 11.3. The molecule has 0 spiro atoms. The average molecular weight is 443 g/mol. The Morgan fingerprint density at radius 3 is 2.50 bits per heavy atom. The van der Waals surface area contributed by atoms with Crippen LogP contribution < -0.4 is 4.74 Å². The predicted molar refractivity (Wildman–Crippen MR) is 81.8 cm³/mol. The first-order valence-corrected chi connectivity index (χ1v) is 7.45. The highest BCUT2D eigenvalue weighted by atomic mass is 79.9. The minimum atomic E-state index is -0.373. The molecule has 0 radical (unpaired) electrons. The van der Waals surface area contributed by atoms with E-state index in [0.717, 1.165) is 19.0 Å². The molecular weight excluding hydrogens is 432 g/mol. The fourth-order valence-corrected chi connectivity index (χ4v) is 2.83. The van der Waals surface area contributed by atoms with Crippen LogP contribution in [0.4, 0.5) is 0 Å². The quantitative estimate of drug-likeness (QED) is 0.389. The number of ether oxygens (including phenoxy) is 2. The molecule has 0 N–H and O–H groups in total. The van der Waals surface area contributed by atoms with E-state index in [9.17, 15) is 4.79 Å². The SMILES string of the molecule is CCOC(=O)/C=C\c1cc(OC)c(Br)c(Br)c1Br. The lowest BCUT2D eigenvalue weighted by atomic mass is 10.2. The van der Waals surface area contributed by atoms with Crippen molar-refractivity contribution in [2.75, 3.05) is 13.7 Å². The van der Waals surface area contributed by atoms with Crippen LogP contribution in [0, 0.1) is 0 Å². The molecule has 6 heteroatoms. The van der Waals surface area contributed by atoms with Gasteiger partial charge in [0, 0.05) is 10.5 Å². The molecule has 0 amide bonds. The van der Waals surface area contributed by atoms with Crippen molar-refractivity contribution >= 4 is 59.8 Å². The van der Waals surface area contributed by atoms with Gasteiger partial charge in [0.2, 0.25) is 0 Å². The lowest BCUT2D eigenvalue weighted by Gasteiger charge is -2.09. The summed E-state index contributed by atoms with van der Waals surface area (Å²) in [5.74, 6) is 0.302. The lowest BCUT2D eigenvalue weighted by Crippen LogP contribution is -1.98. The van der Waals surface area contributed by atoms with Gasteiger partial charge >= 0.3 is 5.97 Å². The third-order valence-electron chi connectivity index (χ3n) is 2.05. The summed E-state index contributed by atoms with van der Waals surface area (Å²) in [5.41, 5.74) is 0.815. The van der Waals surface area contributed by atoms with Crippen molar-refractivity contribution < 1.29 is 14.3 Å². The third kappa shape index (κ3) is 3.83. The molecule has 1 aromatic rings. The summed E-state index contributed by atoms with van der Waals surface area (Å²) in [6, 6.07) is 1.81. The Hall–Kier alpha value is -0.330. The summed E-state index contributed by atoms with van der Waals surface area (Å²) < 4.78 is 12.5. The molecule has 0 heterocycles. The number of halogens is 3. The monoisotopic (exact) mass is 440 g/mol. The highest BCUT2D eigenvalue weighted by Gasteiger charge is 2.12. The van der Waals surface area contributed by atoms with Gasteiger partial charge in [-0.05, 0) is 72.4 Å². The van der Waals surface area contributed by atoms with E-state index < -0.39 is 0 Å². The number of carbonyl (C=O) groups excluding carboxylic acids is 1. The van der Waals surface area contributed by atoms with Crippen LogP contribution in [-0.2, 0) is 9.53 Å². The van der Waals surface area contributed by atoms with E-state index in [4.69, 9.17) is 9.47 Å². The van der Waals surface area contributed by atoms with Gasteiger partial charge in [0.05, 0.1) is 22.7 Å². The van der Waals surface area contributed by atoms with Crippen LogP contribution in [-0.4, -0.2) is 19.7 Å². The van der Waals surface area contributed by atoms with Crippen LogP contribution in [0.15, 0.2) is 25.6 Å². The van der Waals surface area contributed by atoms with E-state index in [1.165, 1.54) is 6.08 Å². The van der Waals surface area contributed by atoms with Gasteiger partial charge in [-0.2, -0.15) is 0 Å². The molecule has 18 heavy (non-hydrogen) atoms. The number of hydrogen-bond donors (Lipinski definition) is 0. The Morgan fingerprint density at radius 1 is 1.28 bits per heavy atom. The first-order valence-electron chi connectivity index (χ1n) is 5.07. The standard InChI is InChI=1S/C12H11Br3O3/c1-3-18-9(16)5-4-7-6-8(17-2)11(14)12(15)10(7)13/h4-6H,3H2,1-2H3/b5-4-. The number of esters is 1. The van der Waals surface area contributed by atoms with Crippen LogP contribution in [0.2, 0.25) is 0 Å². The zero-order valence-corrected chi connectivity index (χ0v) is 14.6. The molecule has 98 valence electrons. The lowest BCUT2D eigenvalue weighted by molar-refractivity contribution is -0.137. The van der Waals surface area contributed by atoms with Crippen molar-refractivity contribution in [3.05, 3.63) is 31.1 Å².